The fraction of sp³-hybridized carbons (Fsp3) is 0.250. The predicted molar refractivity (Wildman–Crippen MR) is 70.1 cm³/mol. The van der Waals surface area contributed by atoms with Gasteiger partial charge in [0.2, 0.25) is 0 Å². The molecule has 20 heavy (non-hydrogen) atoms. The first-order valence-electron chi connectivity index (χ1n) is 5.38. The Morgan fingerprint density at radius 3 is 2.35 bits per heavy atom. The molecule has 108 valence electrons. The Kier molecular flexibility index (Phi) is 6.13. The first-order valence-corrected chi connectivity index (χ1v) is 6.50. The van der Waals surface area contributed by atoms with Crippen LogP contribution < -0.4 is 4.89 Å². The number of carboxylic acids is 2. The lowest BCUT2D eigenvalue weighted by molar-refractivity contribution is -0.213. The Morgan fingerprint density at radius 2 is 1.80 bits per heavy atom. The molecule has 0 atom stereocenters. The van der Waals surface area contributed by atoms with Crippen LogP contribution in [0.3, 0.4) is 0 Å². The van der Waals surface area contributed by atoms with Crippen LogP contribution in [0.2, 0.25) is 0 Å². The highest BCUT2D eigenvalue weighted by Gasteiger charge is 2.11. The number of hydrogen-bond acceptors (Lipinski definition) is 5. The minimum Gasteiger partial charge on any atom is -0.481 e. The second-order valence-electron chi connectivity index (χ2n) is 3.73. The predicted octanol–water partition coefficient (Wildman–Crippen LogP) is 1.29. The molecule has 1 rings (SSSR count). The molecule has 8 heteroatoms. The number of carbonyl (C=O) groups excluding carboxylic acids is 1. The number of benzene rings is 1. The van der Waals surface area contributed by atoms with Gasteiger partial charge in [-0.3, -0.25) is 9.59 Å². The summed E-state index contributed by atoms with van der Waals surface area (Å²) in [6, 6.07) is 4.14. The largest absolute Gasteiger partial charge is 0.481 e. The van der Waals surface area contributed by atoms with E-state index in [0.29, 0.717) is 5.56 Å². The summed E-state index contributed by atoms with van der Waals surface area (Å²) in [6.45, 7) is -0.676. The van der Waals surface area contributed by atoms with Crippen molar-refractivity contribution in [2.45, 2.75) is 6.42 Å². The number of hydrogen-bond donors (Lipinski definition) is 2. The summed E-state index contributed by atoms with van der Waals surface area (Å²) in [6.07, 6.45) is -0.293. The number of Topliss-reactive ketones (excluding diaryl/α,β-unsaturated/α-hetero) is 1. The van der Waals surface area contributed by atoms with Gasteiger partial charge in [-0.1, -0.05) is 15.9 Å². The van der Waals surface area contributed by atoms with Crippen molar-refractivity contribution >= 4 is 33.7 Å². The maximum absolute atomic E-state index is 11.6. The van der Waals surface area contributed by atoms with E-state index in [0.717, 1.165) is 0 Å². The molecule has 0 saturated carbocycles. The van der Waals surface area contributed by atoms with Crippen LogP contribution >= 0.6 is 15.9 Å². The number of halogens is 1. The number of carbonyl (C=O) groups is 3. The second-order valence-corrected chi connectivity index (χ2v) is 4.29. The molecular weight excluding hydrogens is 336 g/mol. The number of ketones is 1. The molecule has 0 spiro atoms. The van der Waals surface area contributed by atoms with Crippen molar-refractivity contribution in [3.63, 3.8) is 0 Å². The molecule has 0 unspecified atom stereocenters. The minimum atomic E-state index is -1.22. The van der Waals surface area contributed by atoms with Gasteiger partial charge in [-0.15, -0.1) is 0 Å². The van der Waals surface area contributed by atoms with E-state index in [1.807, 2.05) is 0 Å². The number of carboxylic acid groups (broad SMARTS) is 2. The quantitative estimate of drug-likeness (QED) is 0.315. The average Bonchev–Trinajstić information content (AvgIpc) is 2.36. The van der Waals surface area contributed by atoms with Gasteiger partial charge in [0.05, 0.1) is 11.8 Å². The van der Waals surface area contributed by atoms with Crippen LogP contribution in [-0.4, -0.2) is 39.9 Å². The van der Waals surface area contributed by atoms with E-state index in [9.17, 15) is 14.4 Å². The van der Waals surface area contributed by atoms with Gasteiger partial charge < -0.3 is 15.1 Å². The van der Waals surface area contributed by atoms with Crippen molar-refractivity contribution in [1.29, 1.82) is 0 Å². The summed E-state index contributed by atoms with van der Waals surface area (Å²) in [7, 11) is 0. The maximum atomic E-state index is 11.6. The van der Waals surface area contributed by atoms with Gasteiger partial charge in [0, 0.05) is 5.56 Å². The first kappa shape index (κ1) is 16.1. The summed E-state index contributed by atoms with van der Waals surface area (Å²) in [5, 5.41) is 17.2. The van der Waals surface area contributed by atoms with E-state index in [1.165, 1.54) is 18.2 Å². The Labute approximate surface area is 122 Å². The highest BCUT2D eigenvalue weighted by atomic mass is 79.9. The van der Waals surface area contributed by atoms with Gasteiger partial charge in [-0.25, -0.2) is 4.79 Å². The summed E-state index contributed by atoms with van der Waals surface area (Å²) in [5.74, 6) is -2.48. The van der Waals surface area contributed by atoms with Crippen LogP contribution in [0.25, 0.3) is 0 Å². The topological polar surface area (TPSA) is 110 Å². The fourth-order valence-corrected chi connectivity index (χ4v) is 1.70. The van der Waals surface area contributed by atoms with Gasteiger partial charge >= 0.3 is 11.9 Å². The van der Waals surface area contributed by atoms with Crippen molar-refractivity contribution in [3.8, 4) is 5.75 Å². The van der Waals surface area contributed by atoms with Crippen LogP contribution in [0.15, 0.2) is 18.2 Å². The minimum absolute atomic E-state index is 0.0642. The molecule has 0 aliphatic carbocycles. The van der Waals surface area contributed by atoms with Crippen molar-refractivity contribution in [3.05, 3.63) is 29.3 Å². The summed E-state index contributed by atoms with van der Waals surface area (Å²) in [4.78, 5) is 41.7. The summed E-state index contributed by atoms with van der Waals surface area (Å²) < 4.78 is 0. The maximum Gasteiger partial charge on any atom is 0.334 e. The van der Waals surface area contributed by atoms with Crippen molar-refractivity contribution < 1.29 is 34.4 Å². The van der Waals surface area contributed by atoms with Gasteiger partial charge in [0.15, 0.2) is 18.1 Å². The molecule has 0 aromatic heterocycles. The Bertz CT molecular complexity index is 527. The molecule has 0 fully saturated rings. The van der Waals surface area contributed by atoms with E-state index in [1.54, 1.807) is 0 Å². The van der Waals surface area contributed by atoms with Gasteiger partial charge in [-0.05, 0) is 23.8 Å². The van der Waals surface area contributed by atoms with Gasteiger partial charge in [0.1, 0.15) is 0 Å². The Hall–Kier alpha value is -1.93. The molecule has 0 bridgehead atoms. The lowest BCUT2D eigenvalue weighted by Gasteiger charge is -2.07. The van der Waals surface area contributed by atoms with Crippen LogP contribution in [0, 0.1) is 0 Å². The molecule has 0 heterocycles. The van der Waals surface area contributed by atoms with Crippen molar-refractivity contribution in [2.24, 2.45) is 0 Å². The third kappa shape index (κ3) is 5.37. The zero-order chi connectivity index (χ0) is 15.1. The highest BCUT2D eigenvalue weighted by Crippen LogP contribution is 2.19. The molecule has 0 radical (unpaired) electrons. The lowest BCUT2D eigenvalue weighted by atomic mass is 10.1. The third-order valence-electron chi connectivity index (χ3n) is 2.10. The van der Waals surface area contributed by atoms with E-state index in [-0.39, 0.29) is 28.8 Å². The lowest BCUT2D eigenvalue weighted by Crippen LogP contribution is -2.10. The molecule has 1 aromatic rings. The summed E-state index contributed by atoms with van der Waals surface area (Å²) in [5.41, 5.74) is 0.591. The van der Waals surface area contributed by atoms with Crippen LogP contribution in [-0.2, 0) is 20.9 Å². The van der Waals surface area contributed by atoms with E-state index in [4.69, 9.17) is 15.1 Å². The zero-order valence-electron chi connectivity index (χ0n) is 10.2. The van der Waals surface area contributed by atoms with Gasteiger partial charge in [-0.2, -0.15) is 4.89 Å². The van der Waals surface area contributed by atoms with E-state index >= 15 is 0 Å². The molecule has 0 aliphatic rings. The molecule has 2 N–H and O–H groups in total. The molecule has 0 amide bonds. The van der Waals surface area contributed by atoms with Crippen LogP contribution in [0.5, 0.6) is 5.75 Å². The van der Waals surface area contributed by atoms with Gasteiger partial charge in [0.25, 0.3) is 0 Å². The molecule has 0 aliphatic heterocycles. The molecule has 1 aromatic carbocycles. The van der Waals surface area contributed by atoms with Crippen LogP contribution in [0.1, 0.15) is 15.9 Å². The highest BCUT2D eigenvalue weighted by molar-refractivity contribution is 9.09. The average molecular weight is 347 g/mol. The normalized spacial score (nSPS) is 10.1. The Morgan fingerprint density at radius 1 is 1.10 bits per heavy atom. The zero-order valence-corrected chi connectivity index (χ0v) is 11.8. The fourth-order valence-electron chi connectivity index (χ4n) is 1.37. The van der Waals surface area contributed by atoms with Crippen molar-refractivity contribution in [1.82, 2.24) is 0 Å². The first-order chi connectivity index (χ1) is 9.42. The van der Waals surface area contributed by atoms with Crippen LogP contribution in [0.4, 0.5) is 0 Å². The Balaban J connectivity index is 2.93. The monoisotopic (exact) mass is 346 g/mol. The smallest absolute Gasteiger partial charge is 0.334 e. The SMILES string of the molecule is O=C(O)COOc1cc(CC(=O)O)cc(C(=O)CBr)c1. The standard InChI is InChI=1S/C12H11BrO7/c13-5-10(14)8-1-7(3-11(15)16)2-9(4-8)20-19-6-12(17)18/h1-2,4H,3,5-6H2,(H,15,16)(H,17,18). The van der Waals surface area contributed by atoms with E-state index in [2.05, 4.69) is 20.8 Å². The number of aliphatic carboxylic acids is 2. The van der Waals surface area contributed by atoms with E-state index < -0.39 is 18.5 Å². The summed E-state index contributed by atoms with van der Waals surface area (Å²) >= 11 is 3.01. The number of alkyl halides is 1. The molecular formula is C12H11BrO7. The molecule has 0 saturated heterocycles. The van der Waals surface area contributed by atoms with Crippen molar-refractivity contribution in [2.75, 3.05) is 11.9 Å². The molecule has 7 nitrogen and oxygen atoms in total. The third-order valence-corrected chi connectivity index (χ3v) is 2.61. The second kappa shape index (κ2) is 7.61. The number of rotatable bonds is 8.